The summed E-state index contributed by atoms with van der Waals surface area (Å²) >= 11 is 0. The van der Waals surface area contributed by atoms with Gasteiger partial charge in [0.15, 0.2) is 9.84 Å². The summed E-state index contributed by atoms with van der Waals surface area (Å²) < 4.78 is 52.2. The molecule has 0 radical (unpaired) electrons. The molecule has 4 aromatic rings. The van der Waals surface area contributed by atoms with E-state index in [1.54, 1.807) is 37.3 Å². The van der Waals surface area contributed by atoms with E-state index in [0.29, 0.717) is 38.9 Å². The maximum atomic E-state index is 14.0. The van der Waals surface area contributed by atoms with E-state index in [4.69, 9.17) is 5.73 Å². The Morgan fingerprint density at radius 2 is 1.92 bits per heavy atom. The third kappa shape index (κ3) is 3.88. The van der Waals surface area contributed by atoms with Gasteiger partial charge in [-0.1, -0.05) is 18.2 Å². The Morgan fingerprint density at radius 1 is 1.18 bits per heavy atom. The average molecular weight is 550 g/mol. The van der Waals surface area contributed by atoms with E-state index in [2.05, 4.69) is 16.0 Å². The van der Waals surface area contributed by atoms with Crippen LogP contribution in [0.15, 0.2) is 65.7 Å². The van der Waals surface area contributed by atoms with Crippen molar-refractivity contribution in [3.8, 4) is 6.07 Å². The minimum Gasteiger partial charge on any atom is -0.340 e. The van der Waals surface area contributed by atoms with Crippen LogP contribution < -0.4 is 5.73 Å². The zero-order chi connectivity index (χ0) is 27.7. The van der Waals surface area contributed by atoms with Crippen molar-refractivity contribution in [3.63, 3.8) is 0 Å². The Kier molecular flexibility index (Phi) is 5.72. The first-order valence-corrected chi connectivity index (χ1v) is 15.2. The third-order valence-corrected chi connectivity index (χ3v) is 10.6. The van der Waals surface area contributed by atoms with Gasteiger partial charge in [-0.25, -0.2) is 25.8 Å². The van der Waals surface area contributed by atoms with E-state index in [9.17, 15) is 22.1 Å². The predicted octanol–water partition coefficient (Wildman–Crippen LogP) is 3.74. The largest absolute Gasteiger partial charge is 0.340 e. The van der Waals surface area contributed by atoms with Crippen LogP contribution in [0.4, 0.5) is 0 Å². The van der Waals surface area contributed by atoms with Crippen LogP contribution in [-0.2, 0) is 25.4 Å². The summed E-state index contributed by atoms with van der Waals surface area (Å²) in [5.74, 6) is 0.466. The Labute approximate surface area is 221 Å². The number of H-pyrrole nitrogens is 1. The predicted molar refractivity (Wildman–Crippen MR) is 148 cm³/mol. The minimum absolute atomic E-state index is 0.0253. The molecule has 2 aromatic heterocycles. The molecule has 0 saturated heterocycles. The summed E-state index contributed by atoms with van der Waals surface area (Å²) in [6.07, 6.45) is 7.02. The number of fused-ring (bicyclic) bond motifs is 2. The van der Waals surface area contributed by atoms with Gasteiger partial charge in [0.2, 0.25) is 10.0 Å². The molecule has 3 N–H and O–H groups in total. The van der Waals surface area contributed by atoms with Gasteiger partial charge in [0.25, 0.3) is 0 Å². The van der Waals surface area contributed by atoms with E-state index >= 15 is 0 Å². The summed E-state index contributed by atoms with van der Waals surface area (Å²) in [5.41, 5.74) is 9.40. The number of allylic oxidation sites excluding steroid dienone is 2. The van der Waals surface area contributed by atoms with Gasteiger partial charge in [0.05, 0.1) is 38.6 Å². The lowest BCUT2D eigenvalue weighted by Crippen LogP contribution is -2.39. The van der Waals surface area contributed by atoms with Crippen LogP contribution in [0.25, 0.3) is 21.9 Å². The van der Waals surface area contributed by atoms with Gasteiger partial charge in [-0.3, -0.25) is 0 Å². The van der Waals surface area contributed by atoms with Crippen LogP contribution >= 0.6 is 0 Å². The first-order valence-electron chi connectivity index (χ1n) is 11.8. The fraction of sp³-hybridized carbons (Fsp3) is 0.259. The summed E-state index contributed by atoms with van der Waals surface area (Å²) in [5, 5.41) is 9.86. The topological polar surface area (TPSA) is 152 Å². The molecule has 1 aliphatic carbocycles. The second-order valence-electron chi connectivity index (χ2n) is 10.2. The van der Waals surface area contributed by atoms with Crippen LogP contribution in [-0.4, -0.2) is 41.8 Å². The number of rotatable bonds is 5. The molecule has 11 heteroatoms. The van der Waals surface area contributed by atoms with Crippen molar-refractivity contribution >= 4 is 41.8 Å². The molecule has 196 valence electrons. The van der Waals surface area contributed by atoms with Crippen LogP contribution in [0.1, 0.15) is 42.8 Å². The van der Waals surface area contributed by atoms with E-state index in [1.165, 1.54) is 29.2 Å². The highest BCUT2D eigenvalue weighted by atomic mass is 32.2. The molecule has 0 amide bonds. The van der Waals surface area contributed by atoms with Crippen LogP contribution in [0.5, 0.6) is 0 Å². The van der Waals surface area contributed by atoms with Gasteiger partial charge in [0, 0.05) is 17.8 Å². The lowest BCUT2D eigenvalue weighted by Gasteiger charge is -2.29. The number of aromatic amines is 1. The Bertz CT molecular complexity index is 1960. The smallest absolute Gasteiger partial charge is 0.248 e. The number of benzene rings is 2. The highest BCUT2D eigenvalue weighted by Crippen LogP contribution is 2.38. The lowest BCUT2D eigenvalue weighted by atomic mass is 9.89. The Hall–Kier alpha value is -3.72. The normalized spacial score (nSPS) is 19.8. The quantitative estimate of drug-likeness (QED) is 0.385. The summed E-state index contributed by atoms with van der Waals surface area (Å²) in [7, 11) is -7.68. The molecule has 0 fully saturated rings. The van der Waals surface area contributed by atoms with Crippen molar-refractivity contribution in [3.05, 3.63) is 88.2 Å². The highest BCUT2D eigenvalue weighted by molar-refractivity contribution is 7.95. The van der Waals surface area contributed by atoms with Gasteiger partial charge in [-0.15, -0.1) is 0 Å². The zero-order valence-electron chi connectivity index (χ0n) is 21.3. The van der Waals surface area contributed by atoms with Gasteiger partial charge in [-0.05, 0) is 74.7 Å². The molecule has 2 aromatic carbocycles. The number of hydrogen-bond donors (Lipinski definition) is 2. The molecule has 0 saturated carbocycles. The third-order valence-electron chi connectivity index (χ3n) is 7.21. The zero-order valence-corrected chi connectivity index (χ0v) is 23.0. The van der Waals surface area contributed by atoms with Crippen LogP contribution in [0.2, 0.25) is 0 Å². The first kappa shape index (κ1) is 25.9. The van der Waals surface area contributed by atoms with Crippen molar-refractivity contribution in [1.29, 1.82) is 5.26 Å². The molecule has 5 rings (SSSR count). The molecular weight excluding hydrogens is 522 g/mol. The van der Waals surface area contributed by atoms with E-state index < -0.39 is 30.1 Å². The van der Waals surface area contributed by atoms with Gasteiger partial charge >= 0.3 is 0 Å². The van der Waals surface area contributed by atoms with Crippen LogP contribution in [0, 0.1) is 18.3 Å². The van der Waals surface area contributed by atoms with E-state index in [-0.39, 0.29) is 11.3 Å². The molecule has 38 heavy (non-hydrogen) atoms. The van der Waals surface area contributed by atoms with Crippen molar-refractivity contribution in [2.24, 2.45) is 5.73 Å². The SMILES string of the molecule is Cc1ccc(C(C)(N)c2nc3ccc(C#N)cc3[nH]2)c2ccn(S(=O)(=O)C3(C)C=C(S(C)(=O)=O)C=CC3)c12. The number of nitriles is 1. The second kappa shape index (κ2) is 8.39. The van der Waals surface area contributed by atoms with Crippen molar-refractivity contribution < 1.29 is 16.8 Å². The summed E-state index contributed by atoms with van der Waals surface area (Å²) in [4.78, 5) is 7.84. The van der Waals surface area contributed by atoms with Crippen molar-refractivity contribution in [1.82, 2.24) is 13.9 Å². The minimum atomic E-state index is -4.09. The van der Waals surface area contributed by atoms with Gasteiger partial charge in [0.1, 0.15) is 10.6 Å². The first-order chi connectivity index (χ1) is 17.7. The maximum absolute atomic E-state index is 14.0. The fourth-order valence-electron chi connectivity index (χ4n) is 4.95. The van der Waals surface area contributed by atoms with Crippen LogP contribution in [0.3, 0.4) is 0 Å². The standard InChI is InChI=1S/C27H27N5O4S2/c1-17-7-9-21(27(3,29)25-30-22-10-8-18(16-28)14-23(22)31-25)20-11-13-32(24(17)20)38(35,36)26(2)12-5-6-19(15-26)37(4,33)34/h5-11,13-15H,12,29H2,1-4H3,(H,30,31). The summed E-state index contributed by atoms with van der Waals surface area (Å²) in [6, 6.07) is 12.6. The number of hydrogen-bond acceptors (Lipinski definition) is 7. The molecule has 0 bridgehead atoms. The molecule has 2 atom stereocenters. The van der Waals surface area contributed by atoms with Gasteiger partial charge < -0.3 is 10.7 Å². The highest BCUT2D eigenvalue weighted by Gasteiger charge is 2.41. The Morgan fingerprint density at radius 3 is 2.61 bits per heavy atom. The number of nitrogens with zero attached hydrogens (tertiary/aromatic N) is 3. The van der Waals surface area contributed by atoms with E-state index in [1.807, 2.05) is 19.1 Å². The Balaban J connectivity index is 1.67. The number of nitrogens with two attached hydrogens (primary N) is 1. The summed E-state index contributed by atoms with van der Waals surface area (Å²) in [6.45, 7) is 5.14. The van der Waals surface area contributed by atoms with Crippen molar-refractivity contribution in [2.45, 2.75) is 37.5 Å². The fourth-order valence-corrected chi connectivity index (χ4v) is 7.58. The number of imidazole rings is 1. The number of sulfone groups is 1. The van der Waals surface area contributed by atoms with E-state index in [0.717, 1.165) is 11.8 Å². The monoisotopic (exact) mass is 549 g/mol. The molecule has 9 nitrogen and oxygen atoms in total. The molecule has 0 spiro atoms. The molecule has 1 aliphatic rings. The number of nitrogens with one attached hydrogen (secondary N) is 1. The van der Waals surface area contributed by atoms with Crippen molar-refractivity contribution in [2.75, 3.05) is 6.26 Å². The number of aromatic nitrogens is 3. The lowest BCUT2D eigenvalue weighted by molar-refractivity contribution is 0.554. The second-order valence-corrected chi connectivity index (χ2v) is 14.5. The average Bonchev–Trinajstić information content (AvgIpc) is 3.49. The molecule has 2 heterocycles. The molecular formula is C27H27N5O4S2. The number of aryl methyl sites for hydroxylation is 1. The van der Waals surface area contributed by atoms with Gasteiger partial charge in [-0.2, -0.15) is 5.26 Å². The molecule has 2 unspecified atom stereocenters. The maximum Gasteiger partial charge on any atom is 0.248 e. The molecule has 0 aliphatic heterocycles.